The number of halogens is 1. The maximum absolute atomic E-state index is 10.4. The second kappa shape index (κ2) is 9.36. The van der Waals surface area contributed by atoms with Crippen molar-refractivity contribution in [1.29, 1.82) is 5.26 Å². The van der Waals surface area contributed by atoms with E-state index in [1.807, 2.05) is 55.6 Å². The molecule has 1 N–H and O–H groups in total. The van der Waals surface area contributed by atoms with E-state index in [2.05, 4.69) is 11.1 Å². The number of aryl methyl sites for hydroxylation is 1. The third kappa shape index (κ3) is 5.10. The van der Waals surface area contributed by atoms with E-state index in [1.165, 1.54) is 0 Å². The Labute approximate surface area is 170 Å². The molecule has 3 rings (SSSR count). The molecule has 4 nitrogen and oxygen atoms in total. The van der Waals surface area contributed by atoms with Gasteiger partial charge in [-0.05, 0) is 66.8 Å². The number of nitriles is 1. The van der Waals surface area contributed by atoms with Gasteiger partial charge in [-0.25, -0.2) is 0 Å². The van der Waals surface area contributed by atoms with Crippen molar-refractivity contribution >= 4 is 11.6 Å². The van der Waals surface area contributed by atoms with Gasteiger partial charge in [0.15, 0.2) is 0 Å². The molecule has 0 aliphatic heterocycles. The summed E-state index contributed by atoms with van der Waals surface area (Å²) in [7, 11) is 0. The highest BCUT2D eigenvalue weighted by atomic mass is 35.5. The van der Waals surface area contributed by atoms with Crippen molar-refractivity contribution in [1.82, 2.24) is 4.98 Å². The molecule has 2 unspecified atom stereocenters. The summed E-state index contributed by atoms with van der Waals surface area (Å²) in [5.41, 5.74) is 3.46. The molecule has 5 heteroatoms. The molecule has 0 aliphatic rings. The molecule has 3 aromatic rings. The summed E-state index contributed by atoms with van der Waals surface area (Å²) in [6, 6.07) is 18.9. The first-order valence-electron chi connectivity index (χ1n) is 9.10. The highest BCUT2D eigenvalue weighted by Gasteiger charge is 2.16. The molecular formula is C23H21ClN2O2. The first-order chi connectivity index (χ1) is 13.6. The second-order valence-electron chi connectivity index (χ2n) is 6.62. The van der Waals surface area contributed by atoms with Gasteiger partial charge in [0.25, 0.3) is 0 Å². The number of hydrogen-bond donors (Lipinski definition) is 1. The summed E-state index contributed by atoms with van der Waals surface area (Å²) in [5, 5.41) is 19.8. The van der Waals surface area contributed by atoms with E-state index < -0.39 is 6.10 Å². The van der Waals surface area contributed by atoms with Gasteiger partial charge in [-0.3, -0.25) is 4.98 Å². The molecule has 2 aromatic carbocycles. The van der Waals surface area contributed by atoms with Crippen molar-refractivity contribution in [3.05, 3.63) is 83.1 Å². The van der Waals surface area contributed by atoms with Gasteiger partial charge < -0.3 is 9.84 Å². The van der Waals surface area contributed by atoms with E-state index in [4.69, 9.17) is 21.6 Å². The SMILES string of the molecule is CC(Oc1ccc(-c2ccc(C#N)c(Cl)c2)cc1)C(O)CCc1cccnc1. The minimum Gasteiger partial charge on any atom is -0.488 e. The monoisotopic (exact) mass is 392 g/mol. The summed E-state index contributed by atoms with van der Waals surface area (Å²) in [4.78, 5) is 4.09. The standard InChI is InChI=1S/C23H21ClN2O2/c1-16(23(27)11-4-17-3-2-12-26-15-17)28-21-9-7-18(8-10-21)19-5-6-20(14-25)22(24)13-19/h2-3,5-10,12-13,15-16,23,27H,4,11H2,1H3. The summed E-state index contributed by atoms with van der Waals surface area (Å²) < 4.78 is 5.88. The summed E-state index contributed by atoms with van der Waals surface area (Å²) in [6.45, 7) is 1.86. The Morgan fingerprint density at radius 1 is 1.14 bits per heavy atom. The molecule has 0 bridgehead atoms. The fraction of sp³-hybridized carbons (Fsp3) is 0.217. The lowest BCUT2D eigenvalue weighted by molar-refractivity contribution is 0.0420. The summed E-state index contributed by atoms with van der Waals surface area (Å²) in [5.74, 6) is 0.691. The molecule has 1 aromatic heterocycles. The average molecular weight is 393 g/mol. The van der Waals surface area contributed by atoms with Gasteiger partial charge in [0, 0.05) is 12.4 Å². The van der Waals surface area contributed by atoms with E-state index in [0.717, 1.165) is 23.1 Å². The third-order valence-electron chi connectivity index (χ3n) is 4.59. The number of aliphatic hydroxyl groups is 1. The first-order valence-corrected chi connectivity index (χ1v) is 9.48. The number of nitrogens with zero attached hydrogens (tertiary/aromatic N) is 2. The van der Waals surface area contributed by atoms with Crippen LogP contribution in [0.3, 0.4) is 0 Å². The minimum atomic E-state index is -0.572. The molecule has 0 saturated heterocycles. The van der Waals surface area contributed by atoms with E-state index in [1.54, 1.807) is 18.3 Å². The van der Waals surface area contributed by atoms with E-state index in [0.29, 0.717) is 22.8 Å². The van der Waals surface area contributed by atoms with Gasteiger partial charge in [0.05, 0.1) is 16.7 Å². The lowest BCUT2D eigenvalue weighted by atomic mass is 10.0. The predicted octanol–water partition coefficient (Wildman–Crippen LogP) is 5.03. The van der Waals surface area contributed by atoms with Crippen molar-refractivity contribution in [3.8, 4) is 22.9 Å². The zero-order valence-corrected chi connectivity index (χ0v) is 16.3. The van der Waals surface area contributed by atoms with E-state index >= 15 is 0 Å². The third-order valence-corrected chi connectivity index (χ3v) is 4.91. The Kier molecular flexibility index (Phi) is 6.65. The molecule has 0 spiro atoms. The van der Waals surface area contributed by atoms with Crippen LogP contribution in [0.5, 0.6) is 5.75 Å². The normalized spacial score (nSPS) is 12.8. The fourth-order valence-electron chi connectivity index (χ4n) is 2.90. The Bertz CT molecular complexity index is 953. The van der Waals surface area contributed by atoms with Crippen molar-refractivity contribution in [3.63, 3.8) is 0 Å². The molecular weight excluding hydrogens is 372 g/mol. The Morgan fingerprint density at radius 2 is 1.89 bits per heavy atom. The number of aliphatic hydroxyl groups excluding tert-OH is 1. The molecule has 0 radical (unpaired) electrons. The van der Waals surface area contributed by atoms with Crippen LogP contribution < -0.4 is 4.74 Å². The van der Waals surface area contributed by atoms with E-state index in [-0.39, 0.29) is 6.10 Å². The van der Waals surface area contributed by atoms with Crippen molar-refractivity contribution in [2.45, 2.75) is 32.0 Å². The fourth-order valence-corrected chi connectivity index (χ4v) is 3.12. The molecule has 142 valence electrons. The molecule has 0 fully saturated rings. The van der Waals surface area contributed by atoms with Gasteiger partial charge in [0.2, 0.25) is 0 Å². The van der Waals surface area contributed by atoms with Gasteiger partial charge >= 0.3 is 0 Å². The smallest absolute Gasteiger partial charge is 0.122 e. The minimum absolute atomic E-state index is 0.327. The number of rotatable bonds is 7. The maximum Gasteiger partial charge on any atom is 0.122 e. The molecule has 28 heavy (non-hydrogen) atoms. The number of ether oxygens (including phenoxy) is 1. The lowest BCUT2D eigenvalue weighted by Crippen LogP contribution is -2.29. The van der Waals surface area contributed by atoms with Gasteiger partial charge in [-0.2, -0.15) is 5.26 Å². The van der Waals surface area contributed by atoms with Crippen molar-refractivity contribution < 1.29 is 9.84 Å². The largest absolute Gasteiger partial charge is 0.488 e. The molecule has 0 saturated carbocycles. The van der Waals surface area contributed by atoms with Crippen LogP contribution in [0.25, 0.3) is 11.1 Å². The molecule has 1 heterocycles. The van der Waals surface area contributed by atoms with Gasteiger partial charge in [-0.1, -0.05) is 35.9 Å². The van der Waals surface area contributed by atoms with Crippen LogP contribution >= 0.6 is 11.6 Å². The van der Waals surface area contributed by atoms with Crippen LogP contribution in [0.15, 0.2) is 67.0 Å². The zero-order chi connectivity index (χ0) is 19.9. The topological polar surface area (TPSA) is 66.1 Å². The summed E-state index contributed by atoms with van der Waals surface area (Å²) in [6.07, 6.45) is 4.01. The number of aromatic nitrogens is 1. The Hall–Kier alpha value is -2.87. The van der Waals surface area contributed by atoms with Gasteiger partial charge in [0.1, 0.15) is 17.9 Å². The van der Waals surface area contributed by atoms with Crippen molar-refractivity contribution in [2.24, 2.45) is 0 Å². The van der Waals surface area contributed by atoms with Gasteiger partial charge in [-0.15, -0.1) is 0 Å². The van der Waals surface area contributed by atoms with Crippen LogP contribution in [0.4, 0.5) is 0 Å². The Balaban J connectivity index is 1.59. The number of pyridine rings is 1. The highest BCUT2D eigenvalue weighted by molar-refractivity contribution is 6.32. The molecule has 2 atom stereocenters. The second-order valence-corrected chi connectivity index (χ2v) is 7.03. The van der Waals surface area contributed by atoms with Crippen LogP contribution in [-0.2, 0) is 6.42 Å². The number of benzene rings is 2. The summed E-state index contributed by atoms with van der Waals surface area (Å²) >= 11 is 6.11. The predicted molar refractivity (Wildman–Crippen MR) is 110 cm³/mol. The zero-order valence-electron chi connectivity index (χ0n) is 15.5. The van der Waals surface area contributed by atoms with E-state index in [9.17, 15) is 5.11 Å². The van der Waals surface area contributed by atoms with Crippen LogP contribution in [0.1, 0.15) is 24.5 Å². The first kappa shape index (κ1) is 19.9. The molecule has 0 aliphatic carbocycles. The lowest BCUT2D eigenvalue weighted by Gasteiger charge is -2.20. The Morgan fingerprint density at radius 3 is 2.54 bits per heavy atom. The molecule has 0 amide bonds. The highest BCUT2D eigenvalue weighted by Crippen LogP contribution is 2.27. The maximum atomic E-state index is 10.4. The quantitative estimate of drug-likeness (QED) is 0.612. The van der Waals surface area contributed by atoms with Crippen LogP contribution in [-0.4, -0.2) is 22.3 Å². The average Bonchev–Trinajstić information content (AvgIpc) is 2.73. The van der Waals surface area contributed by atoms with Crippen LogP contribution in [0, 0.1) is 11.3 Å². The van der Waals surface area contributed by atoms with Crippen molar-refractivity contribution in [2.75, 3.05) is 0 Å². The van der Waals surface area contributed by atoms with Crippen LogP contribution in [0.2, 0.25) is 5.02 Å². The number of hydrogen-bond acceptors (Lipinski definition) is 4.